The van der Waals surface area contributed by atoms with Crippen LogP contribution in [0.3, 0.4) is 0 Å². The van der Waals surface area contributed by atoms with Crippen molar-refractivity contribution in [3.63, 3.8) is 0 Å². The zero-order valence-corrected chi connectivity index (χ0v) is 15.6. The van der Waals surface area contributed by atoms with Crippen LogP contribution in [0.5, 0.6) is 0 Å². The lowest BCUT2D eigenvalue weighted by molar-refractivity contribution is -0.181. The Kier molecular flexibility index (Phi) is 4.78. The maximum Gasteiger partial charge on any atom is 0.303 e. The van der Waals surface area contributed by atoms with Gasteiger partial charge in [0.05, 0.1) is 4.88 Å². The monoisotopic (exact) mass is 388 g/mol. The van der Waals surface area contributed by atoms with Crippen LogP contribution in [0.25, 0.3) is 10.2 Å². The first-order valence-corrected chi connectivity index (χ1v) is 9.61. The van der Waals surface area contributed by atoms with Gasteiger partial charge in [-0.15, -0.1) is 11.3 Å². The summed E-state index contributed by atoms with van der Waals surface area (Å²) in [5.74, 6) is -0.322. The number of thioether (sulfide) groups is 1. The molecule has 0 aliphatic heterocycles. The molecule has 2 aromatic rings. The number of fused-ring (bicyclic) bond motifs is 1. The molecule has 0 bridgehead atoms. The number of hydrogen-bond donors (Lipinski definition) is 0. The van der Waals surface area contributed by atoms with Gasteiger partial charge in [0.25, 0.3) is 0 Å². The minimum absolute atomic E-state index is 0.0471. The summed E-state index contributed by atoms with van der Waals surface area (Å²) in [6.07, 6.45) is 4.63. The number of rotatable bonds is 3. The number of hydrogen-bond acceptors (Lipinski definition) is 8. The Morgan fingerprint density at radius 3 is 2.96 bits per heavy atom. The molecule has 0 saturated heterocycles. The molecule has 2 aromatic heterocycles. The summed E-state index contributed by atoms with van der Waals surface area (Å²) in [5.41, 5.74) is -0.678. The Morgan fingerprint density at radius 2 is 2.30 bits per heavy atom. The van der Waals surface area contributed by atoms with Gasteiger partial charge in [-0.1, -0.05) is 11.8 Å². The van der Waals surface area contributed by atoms with Crippen LogP contribution in [-0.4, -0.2) is 32.7 Å². The van der Waals surface area contributed by atoms with Gasteiger partial charge in [-0.25, -0.2) is 9.97 Å². The molecular weight excluding hydrogens is 376 g/mol. The van der Waals surface area contributed by atoms with Crippen LogP contribution in [0, 0.1) is 0 Å². The fourth-order valence-electron chi connectivity index (χ4n) is 2.59. The first-order chi connectivity index (χ1) is 10.9. The number of esters is 1. The second-order valence-corrected chi connectivity index (χ2v) is 7.98. The molecule has 1 fully saturated rings. The van der Waals surface area contributed by atoms with Crippen LogP contribution in [0.4, 0.5) is 0 Å². The summed E-state index contributed by atoms with van der Waals surface area (Å²) in [6.45, 7) is 1.41. The van der Waals surface area contributed by atoms with Crippen molar-refractivity contribution < 1.29 is 14.3 Å². The molecule has 0 aromatic carbocycles. The standard InChI is InChI=1S/C14H13ClN2O3S3/c1-7(18)20-14(4-9(5-14)19-13(21)22-2)10-3-8-6-16-12(15)17-11(8)23-10/h3,6,9H,4-5H2,1-2H3. The van der Waals surface area contributed by atoms with E-state index in [0.717, 1.165) is 15.1 Å². The van der Waals surface area contributed by atoms with Crippen molar-refractivity contribution in [1.29, 1.82) is 0 Å². The molecule has 0 unspecified atom stereocenters. The van der Waals surface area contributed by atoms with Crippen LogP contribution in [-0.2, 0) is 19.9 Å². The van der Waals surface area contributed by atoms with E-state index in [9.17, 15) is 4.79 Å². The van der Waals surface area contributed by atoms with Crippen molar-refractivity contribution in [3.05, 3.63) is 22.4 Å². The van der Waals surface area contributed by atoms with Crippen molar-refractivity contribution >= 4 is 67.5 Å². The lowest BCUT2D eigenvalue weighted by atomic mass is 9.76. The van der Waals surface area contributed by atoms with Crippen molar-refractivity contribution in [3.8, 4) is 0 Å². The Morgan fingerprint density at radius 1 is 1.57 bits per heavy atom. The topological polar surface area (TPSA) is 61.3 Å². The number of nitrogens with zero attached hydrogens (tertiary/aromatic N) is 2. The summed E-state index contributed by atoms with van der Waals surface area (Å²) in [6, 6.07) is 1.95. The maximum absolute atomic E-state index is 11.5. The number of carbonyl (C=O) groups is 1. The van der Waals surface area contributed by atoms with Gasteiger partial charge in [0, 0.05) is 31.3 Å². The van der Waals surface area contributed by atoms with E-state index in [2.05, 4.69) is 9.97 Å². The number of halogens is 1. The normalized spacial score (nSPS) is 23.3. The zero-order valence-electron chi connectivity index (χ0n) is 12.4. The van der Waals surface area contributed by atoms with Crippen LogP contribution in [0.15, 0.2) is 12.3 Å². The average molecular weight is 389 g/mol. The van der Waals surface area contributed by atoms with E-state index in [0.29, 0.717) is 17.2 Å². The highest BCUT2D eigenvalue weighted by Gasteiger charge is 2.51. The molecule has 0 radical (unpaired) electrons. The largest absolute Gasteiger partial charge is 0.475 e. The molecule has 0 spiro atoms. The van der Waals surface area contributed by atoms with Gasteiger partial charge in [0.2, 0.25) is 9.67 Å². The number of thiophene rings is 1. The van der Waals surface area contributed by atoms with Gasteiger partial charge in [-0.3, -0.25) is 4.79 Å². The SMILES string of the molecule is CSC(=S)OC1CC(OC(C)=O)(c2cc3cnc(Cl)nc3s2)C1. The van der Waals surface area contributed by atoms with E-state index >= 15 is 0 Å². The quantitative estimate of drug-likeness (QED) is 0.448. The molecule has 122 valence electrons. The van der Waals surface area contributed by atoms with Crippen LogP contribution in [0.1, 0.15) is 24.6 Å². The highest BCUT2D eigenvalue weighted by Crippen LogP contribution is 2.50. The molecule has 5 nitrogen and oxygen atoms in total. The van der Waals surface area contributed by atoms with E-state index in [-0.39, 0.29) is 17.4 Å². The summed E-state index contributed by atoms with van der Waals surface area (Å²) >= 11 is 13.8. The Balaban J connectivity index is 1.87. The summed E-state index contributed by atoms with van der Waals surface area (Å²) in [5, 5.41) is 1.08. The maximum atomic E-state index is 11.5. The lowest BCUT2D eigenvalue weighted by Crippen LogP contribution is -2.48. The van der Waals surface area contributed by atoms with Crippen molar-refractivity contribution in [2.75, 3.05) is 6.26 Å². The van der Waals surface area contributed by atoms with Gasteiger partial charge in [-0.2, -0.15) is 0 Å². The number of carbonyl (C=O) groups excluding carboxylic acids is 1. The van der Waals surface area contributed by atoms with Crippen molar-refractivity contribution in [2.45, 2.75) is 31.5 Å². The van der Waals surface area contributed by atoms with Gasteiger partial charge in [-0.05, 0) is 36.1 Å². The molecule has 1 aliphatic rings. The predicted molar refractivity (Wildman–Crippen MR) is 96.1 cm³/mol. The van der Waals surface area contributed by atoms with Gasteiger partial charge < -0.3 is 9.47 Å². The van der Waals surface area contributed by atoms with Crippen LogP contribution in [0.2, 0.25) is 5.28 Å². The van der Waals surface area contributed by atoms with E-state index < -0.39 is 5.60 Å². The Hall–Kier alpha value is -0.960. The molecule has 23 heavy (non-hydrogen) atoms. The van der Waals surface area contributed by atoms with Gasteiger partial charge in [0.15, 0.2) is 5.60 Å². The minimum atomic E-state index is -0.678. The van der Waals surface area contributed by atoms with Gasteiger partial charge in [0.1, 0.15) is 10.9 Å². The fraction of sp³-hybridized carbons (Fsp3) is 0.429. The fourth-order valence-corrected chi connectivity index (χ4v) is 4.29. The van der Waals surface area contributed by atoms with E-state index in [4.69, 9.17) is 33.3 Å². The van der Waals surface area contributed by atoms with E-state index in [1.807, 2.05) is 12.3 Å². The first kappa shape index (κ1) is 16.9. The Labute approximate surface area is 151 Å². The molecule has 1 aliphatic carbocycles. The number of ether oxygens (including phenoxy) is 2. The highest BCUT2D eigenvalue weighted by molar-refractivity contribution is 8.22. The third kappa shape index (κ3) is 3.45. The molecule has 3 rings (SSSR count). The Bertz CT molecular complexity index is 774. The minimum Gasteiger partial charge on any atom is -0.475 e. The van der Waals surface area contributed by atoms with E-state index in [1.54, 1.807) is 6.20 Å². The molecule has 1 saturated carbocycles. The summed E-state index contributed by atoms with van der Waals surface area (Å²) in [4.78, 5) is 21.4. The lowest BCUT2D eigenvalue weighted by Gasteiger charge is -2.45. The first-order valence-electron chi connectivity index (χ1n) is 6.78. The molecule has 9 heteroatoms. The van der Waals surface area contributed by atoms with E-state index in [1.165, 1.54) is 30.0 Å². The van der Waals surface area contributed by atoms with Crippen molar-refractivity contribution in [1.82, 2.24) is 9.97 Å². The second kappa shape index (κ2) is 6.51. The summed E-state index contributed by atoms with van der Waals surface area (Å²) in [7, 11) is 0. The molecule has 0 N–H and O–H groups in total. The van der Waals surface area contributed by atoms with Gasteiger partial charge >= 0.3 is 5.97 Å². The molecular formula is C14H13ClN2O3S3. The summed E-state index contributed by atoms with van der Waals surface area (Å²) < 4.78 is 11.8. The number of thiocarbonyl (C=S) groups is 1. The molecule has 0 amide bonds. The zero-order chi connectivity index (χ0) is 16.6. The smallest absolute Gasteiger partial charge is 0.303 e. The average Bonchev–Trinajstić information content (AvgIpc) is 2.87. The molecule has 0 atom stereocenters. The second-order valence-electron chi connectivity index (χ2n) is 5.20. The van der Waals surface area contributed by atoms with Crippen molar-refractivity contribution in [2.24, 2.45) is 0 Å². The van der Waals surface area contributed by atoms with Crippen LogP contribution < -0.4 is 0 Å². The third-order valence-electron chi connectivity index (χ3n) is 3.58. The van der Waals surface area contributed by atoms with Crippen LogP contribution >= 0.6 is 46.9 Å². The highest BCUT2D eigenvalue weighted by atomic mass is 35.5. The predicted octanol–water partition coefficient (Wildman–Crippen LogP) is 3.93. The molecule has 2 heterocycles. The third-order valence-corrected chi connectivity index (χ3v) is 6.01. The number of aromatic nitrogens is 2.